The van der Waals surface area contributed by atoms with E-state index in [1.165, 1.54) is 4.57 Å². The highest BCUT2D eigenvalue weighted by Gasteiger charge is 2.19. The SMILES string of the molecule is CCCCn1c(=O)[nH]c(=O)c2c1nc(CCC(=O)NCCCOCc1ccccc1)n2CC(C)C. The van der Waals surface area contributed by atoms with Crippen LogP contribution in [0.4, 0.5) is 0 Å². The Hall–Kier alpha value is -3.20. The van der Waals surface area contributed by atoms with Crippen molar-refractivity contribution < 1.29 is 9.53 Å². The number of H-pyrrole nitrogens is 1. The second-order valence-corrected chi connectivity index (χ2v) is 9.21. The quantitative estimate of drug-likeness (QED) is 0.343. The Balaban J connectivity index is 1.60. The van der Waals surface area contributed by atoms with Gasteiger partial charge in [0.1, 0.15) is 5.82 Å². The van der Waals surface area contributed by atoms with Gasteiger partial charge in [0.25, 0.3) is 5.56 Å². The maximum absolute atomic E-state index is 12.7. The predicted molar refractivity (Wildman–Crippen MR) is 136 cm³/mol. The van der Waals surface area contributed by atoms with Gasteiger partial charge in [0.05, 0.1) is 6.61 Å². The first-order valence-electron chi connectivity index (χ1n) is 12.5. The zero-order chi connectivity index (χ0) is 25.2. The van der Waals surface area contributed by atoms with Crippen molar-refractivity contribution in [2.45, 2.75) is 72.6 Å². The Morgan fingerprint density at radius 1 is 1.14 bits per heavy atom. The van der Waals surface area contributed by atoms with E-state index < -0.39 is 11.2 Å². The number of nitrogens with one attached hydrogen (secondary N) is 2. The van der Waals surface area contributed by atoms with Crippen molar-refractivity contribution in [1.29, 1.82) is 0 Å². The Morgan fingerprint density at radius 3 is 2.63 bits per heavy atom. The molecule has 0 aliphatic rings. The van der Waals surface area contributed by atoms with Gasteiger partial charge in [0.2, 0.25) is 5.91 Å². The monoisotopic (exact) mass is 483 g/mol. The first kappa shape index (κ1) is 26.4. The lowest BCUT2D eigenvalue weighted by Gasteiger charge is -2.11. The van der Waals surface area contributed by atoms with Crippen LogP contribution in [-0.2, 0) is 35.6 Å². The summed E-state index contributed by atoms with van der Waals surface area (Å²) in [4.78, 5) is 44.6. The third-order valence-electron chi connectivity index (χ3n) is 5.72. The van der Waals surface area contributed by atoms with Gasteiger partial charge in [-0.25, -0.2) is 9.78 Å². The van der Waals surface area contributed by atoms with Gasteiger partial charge in [-0.15, -0.1) is 0 Å². The van der Waals surface area contributed by atoms with Crippen molar-refractivity contribution in [2.75, 3.05) is 13.2 Å². The van der Waals surface area contributed by atoms with Crippen LogP contribution >= 0.6 is 0 Å². The minimum absolute atomic E-state index is 0.0755. The first-order valence-corrected chi connectivity index (χ1v) is 12.5. The first-order chi connectivity index (χ1) is 16.9. The van der Waals surface area contributed by atoms with Gasteiger partial charge in [-0.2, -0.15) is 0 Å². The third kappa shape index (κ3) is 7.39. The molecule has 0 saturated heterocycles. The Labute approximate surface area is 205 Å². The molecule has 190 valence electrons. The van der Waals surface area contributed by atoms with Gasteiger partial charge in [-0.1, -0.05) is 57.5 Å². The minimum atomic E-state index is -0.441. The molecular formula is C26H37N5O4. The van der Waals surface area contributed by atoms with E-state index in [9.17, 15) is 14.4 Å². The van der Waals surface area contributed by atoms with Crippen LogP contribution in [0.2, 0.25) is 0 Å². The lowest BCUT2D eigenvalue weighted by Crippen LogP contribution is -2.31. The lowest BCUT2D eigenvalue weighted by atomic mass is 10.2. The molecule has 0 fully saturated rings. The Kier molecular flexibility index (Phi) is 9.84. The molecule has 2 N–H and O–H groups in total. The van der Waals surface area contributed by atoms with Crippen LogP contribution in [0.3, 0.4) is 0 Å². The minimum Gasteiger partial charge on any atom is -0.377 e. The van der Waals surface area contributed by atoms with Crippen LogP contribution in [0.15, 0.2) is 39.9 Å². The van der Waals surface area contributed by atoms with E-state index in [-0.39, 0.29) is 18.2 Å². The largest absolute Gasteiger partial charge is 0.377 e. The molecule has 9 heteroatoms. The molecule has 0 radical (unpaired) electrons. The third-order valence-corrected chi connectivity index (χ3v) is 5.72. The number of imidazole rings is 1. The van der Waals surface area contributed by atoms with Crippen molar-refractivity contribution in [1.82, 2.24) is 24.4 Å². The number of fused-ring (bicyclic) bond motifs is 1. The fourth-order valence-electron chi connectivity index (χ4n) is 3.97. The van der Waals surface area contributed by atoms with Crippen LogP contribution in [0, 0.1) is 5.92 Å². The number of aryl methyl sites for hydroxylation is 2. The highest BCUT2D eigenvalue weighted by atomic mass is 16.5. The zero-order valence-electron chi connectivity index (χ0n) is 21.0. The molecule has 0 spiro atoms. The van der Waals surface area contributed by atoms with Gasteiger partial charge in [0, 0.05) is 39.1 Å². The number of rotatable bonds is 14. The molecule has 2 heterocycles. The number of carbonyl (C=O) groups excluding carboxylic acids is 1. The normalized spacial score (nSPS) is 11.4. The number of unbranched alkanes of at least 4 members (excludes halogenated alkanes) is 1. The highest BCUT2D eigenvalue weighted by molar-refractivity contribution is 5.76. The Morgan fingerprint density at radius 2 is 1.91 bits per heavy atom. The summed E-state index contributed by atoms with van der Waals surface area (Å²) in [6.07, 6.45) is 3.10. The summed E-state index contributed by atoms with van der Waals surface area (Å²) in [7, 11) is 0. The van der Waals surface area contributed by atoms with Crippen molar-refractivity contribution in [3.8, 4) is 0 Å². The van der Waals surface area contributed by atoms with Crippen molar-refractivity contribution in [2.24, 2.45) is 5.92 Å². The molecule has 0 bridgehead atoms. The van der Waals surface area contributed by atoms with Crippen molar-refractivity contribution >= 4 is 17.1 Å². The highest BCUT2D eigenvalue weighted by Crippen LogP contribution is 2.16. The summed E-state index contributed by atoms with van der Waals surface area (Å²) >= 11 is 0. The molecule has 2 aromatic heterocycles. The summed E-state index contributed by atoms with van der Waals surface area (Å²) in [5, 5.41) is 2.93. The molecular weight excluding hydrogens is 446 g/mol. The molecule has 3 aromatic rings. The molecule has 1 amide bonds. The number of amides is 1. The van der Waals surface area contributed by atoms with E-state index in [0.717, 1.165) is 24.8 Å². The van der Waals surface area contributed by atoms with E-state index in [4.69, 9.17) is 4.74 Å². The molecule has 0 unspecified atom stereocenters. The van der Waals surface area contributed by atoms with E-state index in [1.54, 1.807) is 0 Å². The second-order valence-electron chi connectivity index (χ2n) is 9.21. The van der Waals surface area contributed by atoms with E-state index in [2.05, 4.69) is 29.1 Å². The smallest absolute Gasteiger partial charge is 0.330 e. The number of hydrogen-bond acceptors (Lipinski definition) is 5. The van der Waals surface area contributed by atoms with Crippen LogP contribution < -0.4 is 16.6 Å². The summed E-state index contributed by atoms with van der Waals surface area (Å²) in [6.45, 7) is 8.90. The molecule has 0 aliphatic carbocycles. The van der Waals surface area contributed by atoms with Gasteiger partial charge < -0.3 is 14.6 Å². The van der Waals surface area contributed by atoms with E-state index in [1.807, 2.05) is 41.8 Å². The van der Waals surface area contributed by atoms with Crippen LogP contribution in [0.25, 0.3) is 11.2 Å². The maximum atomic E-state index is 12.7. The van der Waals surface area contributed by atoms with Crippen molar-refractivity contribution in [3.63, 3.8) is 0 Å². The standard InChI is InChI=1S/C26H37N5O4/c1-4-5-15-30-24-23(25(33)29-26(30)34)31(17-19(2)3)21(28-24)12-13-22(32)27-14-9-16-35-18-20-10-7-6-8-11-20/h6-8,10-11,19H,4-5,9,12-18H2,1-3H3,(H,27,32)(H,29,33,34). The zero-order valence-corrected chi connectivity index (χ0v) is 21.0. The molecule has 9 nitrogen and oxygen atoms in total. The fourth-order valence-corrected chi connectivity index (χ4v) is 3.97. The number of hydrogen-bond donors (Lipinski definition) is 2. The topological polar surface area (TPSA) is 111 Å². The fraction of sp³-hybridized carbons (Fsp3) is 0.538. The number of ether oxygens (including phenoxy) is 1. The van der Waals surface area contributed by atoms with Gasteiger partial charge in [-0.05, 0) is 24.3 Å². The van der Waals surface area contributed by atoms with Gasteiger partial charge in [-0.3, -0.25) is 19.1 Å². The van der Waals surface area contributed by atoms with Crippen LogP contribution in [0.5, 0.6) is 0 Å². The molecule has 35 heavy (non-hydrogen) atoms. The number of nitrogens with zero attached hydrogens (tertiary/aromatic N) is 3. The van der Waals surface area contributed by atoms with Gasteiger partial charge in [0.15, 0.2) is 11.2 Å². The molecule has 0 saturated carbocycles. The Bertz CT molecular complexity index is 1210. The number of aromatic nitrogens is 4. The summed E-state index contributed by atoms with van der Waals surface area (Å²) in [5.74, 6) is 0.844. The second kappa shape index (κ2) is 13.0. The summed E-state index contributed by atoms with van der Waals surface area (Å²) in [5.41, 5.74) is 1.06. The van der Waals surface area contributed by atoms with Gasteiger partial charge >= 0.3 is 5.69 Å². The number of benzene rings is 1. The van der Waals surface area contributed by atoms with E-state index >= 15 is 0 Å². The average molecular weight is 484 g/mol. The summed E-state index contributed by atoms with van der Waals surface area (Å²) < 4.78 is 9.06. The molecule has 0 atom stereocenters. The van der Waals surface area contributed by atoms with Crippen LogP contribution in [0.1, 0.15) is 57.8 Å². The number of carbonyl (C=O) groups is 1. The average Bonchev–Trinajstić information content (AvgIpc) is 3.18. The van der Waals surface area contributed by atoms with Crippen molar-refractivity contribution in [3.05, 3.63) is 62.6 Å². The maximum Gasteiger partial charge on any atom is 0.330 e. The van der Waals surface area contributed by atoms with Crippen LogP contribution in [-0.4, -0.2) is 38.2 Å². The van der Waals surface area contributed by atoms with E-state index in [0.29, 0.717) is 56.3 Å². The number of aromatic amines is 1. The molecule has 1 aromatic carbocycles. The predicted octanol–water partition coefficient (Wildman–Crippen LogP) is 3.00. The molecule has 3 rings (SSSR count). The molecule has 0 aliphatic heterocycles. The summed E-state index contributed by atoms with van der Waals surface area (Å²) in [6, 6.07) is 9.97. The lowest BCUT2D eigenvalue weighted by molar-refractivity contribution is -0.121.